The molecule has 2 rings (SSSR count). The van der Waals surface area contributed by atoms with E-state index in [0.717, 1.165) is 6.07 Å². The molecule has 0 unspecified atom stereocenters. The Hall–Kier alpha value is -2.59. The number of hydrogen-bond acceptors (Lipinski definition) is 6. The molecule has 0 aliphatic carbocycles. The Bertz CT molecular complexity index is 710. The molecule has 8 heteroatoms. The van der Waals surface area contributed by atoms with Crippen molar-refractivity contribution >= 4 is 23.1 Å². The molecule has 0 fully saturated rings. The van der Waals surface area contributed by atoms with Crippen molar-refractivity contribution in [2.24, 2.45) is 0 Å². The van der Waals surface area contributed by atoms with E-state index in [-0.39, 0.29) is 33.7 Å². The summed E-state index contributed by atoms with van der Waals surface area (Å²) in [7, 11) is 1.42. The summed E-state index contributed by atoms with van der Waals surface area (Å²) in [5.74, 6) is -0.0222. The summed E-state index contributed by atoms with van der Waals surface area (Å²) in [5, 5.41) is 11.6. The highest BCUT2D eigenvalue weighted by atomic mass is 35.5. The van der Waals surface area contributed by atoms with Gasteiger partial charge in [0.2, 0.25) is 5.75 Å². The number of nitrogens with zero attached hydrogens (tertiary/aromatic N) is 3. The fourth-order valence-corrected chi connectivity index (χ4v) is 2.00. The molecule has 1 aromatic carbocycles. The van der Waals surface area contributed by atoms with Crippen LogP contribution < -0.4 is 14.8 Å². The number of hydrogen-bond donors (Lipinski definition) is 1. The third kappa shape index (κ3) is 3.18. The number of halogens is 2. The fraction of sp³-hybridized carbons (Fsp3) is 0.214. The molecule has 0 radical (unpaired) electrons. The monoisotopic (exact) mass is 322 g/mol. The number of methoxy groups -OCH3 is 1. The summed E-state index contributed by atoms with van der Waals surface area (Å²) in [6.45, 7) is 2.19. The number of ether oxygens (including phenoxy) is 2. The Morgan fingerprint density at radius 2 is 2.18 bits per heavy atom. The van der Waals surface area contributed by atoms with Gasteiger partial charge in [-0.1, -0.05) is 11.6 Å². The summed E-state index contributed by atoms with van der Waals surface area (Å²) in [6.07, 6.45) is 1.26. The van der Waals surface area contributed by atoms with Crippen molar-refractivity contribution in [3.63, 3.8) is 0 Å². The minimum absolute atomic E-state index is 0.0138. The number of rotatable bonds is 5. The molecule has 0 saturated heterocycles. The second kappa shape index (κ2) is 6.91. The molecule has 2 aromatic rings. The number of nitrogens with one attached hydrogen (secondary N) is 1. The first-order valence-corrected chi connectivity index (χ1v) is 6.66. The molecular weight excluding hydrogens is 311 g/mol. The van der Waals surface area contributed by atoms with E-state index in [2.05, 4.69) is 15.3 Å². The van der Waals surface area contributed by atoms with Crippen LogP contribution in [-0.2, 0) is 0 Å². The zero-order valence-corrected chi connectivity index (χ0v) is 12.6. The Labute approximate surface area is 131 Å². The Kier molecular flexibility index (Phi) is 4.96. The minimum atomic E-state index is -0.678. The number of anilines is 2. The Morgan fingerprint density at radius 3 is 2.77 bits per heavy atom. The average molecular weight is 323 g/mol. The molecule has 1 N–H and O–H groups in total. The highest BCUT2D eigenvalue weighted by Gasteiger charge is 2.17. The molecule has 1 heterocycles. The average Bonchev–Trinajstić information content (AvgIpc) is 2.51. The minimum Gasteiger partial charge on any atom is -0.489 e. The van der Waals surface area contributed by atoms with Gasteiger partial charge in [-0.05, 0) is 19.1 Å². The van der Waals surface area contributed by atoms with Gasteiger partial charge < -0.3 is 14.8 Å². The fourth-order valence-electron chi connectivity index (χ4n) is 1.75. The van der Waals surface area contributed by atoms with E-state index in [0.29, 0.717) is 6.61 Å². The lowest BCUT2D eigenvalue weighted by Gasteiger charge is -2.14. The van der Waals surface area contributed by atoms with Gasteiger partial charge in [0.1, 0.15) is 12.1 Å². The molecule has 0 aliphatic rings. The second-order valence-corrected chi connectivity index (χ2v) is 4.45. The lowest BCUT2D eigenvalue weighted by molar-refractivity contribution is 0.298. The third-order valence-corrected chi connectivity index (χ3v) is 2.97. The molecule has 1 aromatic heterocycles. The van der Waals surface area contributed by atoms with Gasteiger partial charge in [-0.15, -0.1) is 0 Å². The Balaban J connectivity index is 2.44. The van der Waals surface area contributed by atoms with Gasteiger partial charge in [-0.3, -0.25) is 0 Å². The first-order valence-electron chi connectivity index (χ1n) is 6.28. The lowest BCUT2D eigenvalue weighted by atomic mass is 10.2. The van der Waals surface area contributed by atoms with E-state index in [9.17, 15) is 4.39 Å². The third-order valence-electron chi connectivity index (χ3n) is 2.67. The number of benzene rings is 1. The predicted molar refractivity (Wildman–Crippen MR) is 79.2 cm³/mol. The van der Waals surface area contributed by atoms with Crippen molar-refractivity contribution in [2.45, 2.75) is 6.92 Å². The van der Waals surface area contributed by atoms with E-state index in [4.69, 9.17) is 26.3 Å². The largest absolute Gasteiger partial charge is 0.489 e. The summed E-state index contributed by atoms with van der Waals surface area (Å²) < 4.78 is 24.6. The second-order valence-electron chi connectivity index (χ2n) is 4.05. The normalized spacial score (nSPS) is 9.95. The van der Waals surface area contributed by atoms with Crippen molar-refractivity contribution in [3.8, 4) is 17.7 Å². The molecule has 0 amide bonds. The molecule has 22 heavy (non-hydrogen) atoms. The van der Waals surface area contributed by atoms with Crippen LogP contribution in [0, 0.1) is 17.1 Å². The first-order chi connectivity index (χ1) is 10.6. The maximum atomic E-state index is 14.1. The van der Waals surface area contributed by atoms with Crippen molar-refractivity contribution in [2.75, 3.05) is 19.0 Å². The quantitative estimate of drug-likeness (QED) is 0.909. The van der Waals surface area contributed by atoms with Crippen LogP contribution >= 0.6 is 11.6 Å². The van der Waals surface area contributed by atoms with E-state index in [1.54, 1.807) is 6.92 Å². The topological polar surface area (TPSA) is 80.1 Å². The van der Waals surface area contributed by atoms with Crippen molar-refractivity contribution in [1.82, 2.24) is 9.97 Å². The van der Waals surface area contributed by atoms with Gasteiger partial charge in [-0.2, -0.15) is 10.2 Å². The van der Waals surface area contributed by atoms with Crippen LogP contribution in [0.2, 0.25) is 5.02 Å². The van der Waals surface area contributed by atoms with Crippen molar-refractivity contribution in [3.05, 3.63) is 34.9 Å². The maximum absolute atomic E-state index is 14.1. The van der Waals surface area contributed by atoms with Gasteiger partial charge in [0, 0.05) is 0 Å². The van der Waals surface area contributed by atoms with Crippen molar-refractivity contribution in [1.29, 1.82) is 5.26 Å². The van der Waals surface area contributed by atoms with Gasteiger partial charge >= 0.3 is 0 Å². The molecule has 0 spiro atoms. The van der Waals surface area contributed by atoms with Crippen LogP contribution in [0.4, 0.5) is 15.9 Å². The highest BCUT2D eigenvalue weighted by Crippen LogP contribution is 2.36. The molecule has 0 aliphatic heterocycles. The molecule has 0 bridgehead atoms. The van der Waals surface area contributed by atoms with Gasteiger partial charge in [-0.25, -0.2) is 9.37 Å². The van der Waals surface area contributed by atoms with Gasteiger partial charge in [0.25, 0.3) is 5.88 Å². The van der Waals surface area contributed by atoms with Crippen LogP contribution in [0.3, 0.4) is 0 Å². The SMILES string of the molecule is CCOc1ncnc(Nc2c(F)cc(C#N)cc2Cl)c1OC. The van der Waals surface area contributed by atoms with Crippen LogP contribution in [0.25, 0.3) is 0 Å². The van der Waals surface area contributed by atoms with Crippen LogP contribution in [-0.4, -0.2) is 23.7 Å². The summed E-state index contributed by atoms with van der Waals surface area (Å²) >= 11 is 5.99. The highest BCUT2D eigenvalue weighted by molar-refractivity contribution is 6.33. The van der Waals surface area contributed by atoms with Crippen molar-refractivity contribution < 1.29 is 13.9 Å². The predicted octanol–water partition coefficient (Wildman–Crippen LogP) is 3.29. The van der Waals surface area contributed by atoms with E-state index in [1.165, 1.54) is 19.5 Å². The molecule has 114 valence electrons. The number of aromatic nitrogens is 2. The first kappa shape index (κ1) is 15.8. The zero-order valence-electron chi connectivity index (χ0n) is 11.9. The van der Waals surface area contributed by atoms with Crippen LogP contribution in [0.1, 0.15) is 12.5 Å². The van der Waals surface area contributed by atoms with Crippen LogP contribution in [0.5, 0.6) is 11.6 Å². The van der Waals surface area contributed by atoms with E-state index >= 15 is 0 Å². The Morgan fingerprint density at radius 1 is 1.41 bits per heavy atom. The summed E-state index contributed by atoms with van der Waals surface area (Å²) in [4.78, 5) is 7.94. The lowest BCUT2D eigenvalue weighted by Crippen LogP contribution is -2.04. The zero-order chi connectivity index (χ0) is 16.1. The number of nitriles is 1. The maximum Gasteiger partial charge on any atom is 0.262 e. The summed E-state index contributed by atoms with van der Waals surface area (Å²) in [5.41, 5.74) is 0.109. The molecule has 6 nitrogen and oxygen atoms in total. The van der Waals surface area contributed by atoms with E-state index < -0.39 is 5.82 Å². The summed E-state index contributed by atoms with van der Waals surface area (Å²) in [6, 6.07) is 4.25. The molecule has 0 saturated carbocycles. The molecule has 0 atom stereocenters. The van der Waals surface area contributed by atoms with Gasteiger partial charge in [0.05, 0.1) is 36.1 Å². The van der Waals surface area contributed by atoms with E-state index in [1.807, 2.05) is 6.07 Å². The smallest absolute Gasteiger partial charge is 0.262 e. The van der Waals surface area contributed by atoms with Crippen LogP contribution in [0.15, 0.2) is 18.5 Å². The van der Waals surface area contributed by atoms with Gasteiger partial charge in [0.15, 0.2) is 5.82 Å². The standard InChI is InChI=1S/C14H12ClFN4O2/c1-3-22-14-12(21-2)13(18-7-19-14)20-11-9(15)4-8(6-17)5-10(11)16/h4-5,7H,3H2,1-2H3,(H,18,19,20). The molecular formula is C14H12ClFN4O2.